The summed E-state index contributed by atoms with van der Waals surface area (Å²) in [7, 11) is 2.04. The predicted molar refractivity (Wildman–Crippen MR) is 83.1 cm³/mol. The van der Waals surface area contributed by atoms with Gasteiger partial charge in [-0.25, -0.2) is 4.98 Å². The van der Waals surface area contributed by atoms with E-state index < -0.39 is 0 Å². The summed E-state index contributed by atoms with van der Waals surface area (Å²) in [5.41, 5.74) is 8.12. The second-order valence-electron chi connectivity index (χ2n) is 4.69. The van der Waals surface area contributed by atoms with Crippen molar-refractivity contribution in [1.82, 2.24) is 4.98 Å². The van der Waals surface area contributed by atoms with E-state index in [-0.39, 0.29) is 6.04 Å². The second kappa shape index (κ2) is 6.17. The first-order valence-electron chi connectivity index (χ1n) is 6.24. The van der Waals surface area contributed by atoms with E-state index in [4.69, 9.17) is 5.73 Å². The number of nitrogens with zero attached hydrogens (tertiary/aromatic N) is 2. The Labute approximate surface area is 122 Å². The first-order chi connectivity index (χ1) is 9.08. The van der Waals surface area contributed by atoms with Gasteiger partial charge in [0, 0.05) is 30.3 Å². The Bertz CT molecular complexity index is 537. The van der Waals surface area contributed by atoms with E-state index in [0.29, 0.717) is 0 Å². The van der Waals surface area contributed by atoms with Gasteiger partial charge in [0.1, 0.15) is 5.82 Å². The van der Waals surface area contributed by atoms with E-state index in [1.807, 2.05) is 44.4 Å². The summed E-state index contributed by atoms with van der Waals surface area (Å²) in [6, 6.07) is 12.3. The maximum absolute atomic E-state index is 5.82. The Morgan fingerprint density at radius 1 is 1.26 bits per heavy atom. The van der Waals surface area contributed by atoms with Crippen LogP contribution in [0.2, 0.25) is 0 Å². The third kappa shape index (κ3) is 3.55. The highest BCUT2D eigenvalue weighted by Gasteiger charge is 2.07. The summed E-state index contributed by atoms with van der Waals surface area (Å²) in [4.78, 5) is 6.57. The van der Waals surface area contributed by atoms with Crippen LogP contribution in [0.5, 0.6) is 0 Å². The van der Waals surface area contributed by atoms with Crippen LogP contribution in [0.1, 0.15) is 24.1 Å². The fourth-order valence-corrected chi connectivity index (χ4v) is 2.27. The third-order valence-electron chi connectivity index (χ3n) is 3.05. The first-order valence-corrected chi connectivity index (χ1v) is 7.03. The van der Waals surface area contributed by atoms with Crippen LogP contribution in [-0.4, -0.2) is 12.0 Å². The van der Waals surface area contributed by atoms with E-state index in [1.54, 1.807) is 0 Å². The summed E-state index contributed by atoms with van der Waals surface area (Å²) >= 11 is 3.56. The number of nitrogens with two attached hydrogens (primary N) is 1. The first kappa shape index (κ1) is 14.0. The number of hydrogen-bond donors (Lipinski definition) is 1. The monoisotopic (exact) mass is 319 g/mol. The standard InChI is InChI=1S/C15H18BrN3/c1-11(17)12-7-8-15(18-9-12)19(2)10-13-5-3-4-6-14(13)16/h3-9,11H,10,17H2,1-2H3/t11-/m1/s1. The molecule has 4 heteroatoms. The van der Waals surface area contributed by atoms with E-state index in [1.165, 1.54) is 5.56 Å². The van der Waals surface area contributed by atoms with Gasteiger partial charge in [0.05, 0.1) is 0 Å². The number of halogens is 1. The van der Waals surface area contributed by atoms with Crippen molar-refractivity contribution >= 4 is 21.7 Å². The maximum atomic E-state index is 5.82. The molecule has 100 valence electrons. The molecule has 1 aromatic carbocycles. The topological polar surface area (TPSA) is 42.1 Å². The van der Waals surface area contributed by atoms with Crippen LogP contribution >= 0.6 is 15.9 Å². The molecule has 0 aliphatic carbocycles. The Morgan fingerprint density at radius 3 is 2.58 bits per heavy atom. The number of aromatic nitrogens is 1. The van der Waals surface area contributed by atoms with E-state index in [0.717, 1.165) is 22.4 Å². The molecule has 0 spiro atoms. The largest absolute Gasteiger partial charge is 0.355 e. The van der Waals surface area contributed by atoms with Gasteiger partial charge in [0.25, 0.3) is 0 Å². The quantitative estimate of drug-likeness (QED) is 0.937. The maximum Gasteiger partial charge on any atom is 0.128 e. The van der Waals surface area contributed by atoms with Gasteiger partial charge in [-0.05, 0) is 30.2 Å². The highest BCUT2D eigenvalue weighted by atomic mass is 79.9. The lowest BCUT2D eigenvalue weighted by Gasteiger charge is -2.19. The molecule has 0 aliphatic rings. The van der Waals surface area contributed by atoms with Crippen molar-refractivity contribution in [2.45, 2.75) is 19.5 Å². The molecule has 0 fully saturated rings. The number of rotatable bonds is 4. The van der Waals surface area contributed by atoms with Crippen LogP contribution in [0, 0.1) is 0 Å². The van der Waals surface area contributed by atoms with Crippen molar-refractivity contribution in [3.8, 4) is 0 Å². The summed E-state index contributed by atoms with van der Waals surface area (Å²) in [5, 5.41) is 0. The lowest BCUT2D eigenvalue weighted by Crippen LogP contribution is -2.18. The van der Waals surface area contributed by atoms with Gasteiger partial charge in [0.2, 0.25) is 0 Å². The van der Waals surface area contributed by atoms with E-state index in [9.17, 15) is 0 Å². The second-order valence-corrected chi connectivity index (χ2v) is 5.54. The average Bonchev–Trinajstić information content (AvgIpc) is 2.41. The van der Waals surface area contributed by atoms with E-state index in [2.05, 4.69) is 37.9 Å². The minimum absolute atomic E-state index is 0.0233. The fraction of sp³-hybridized carbons (Fsp3) is 0.267. The number of pyridine rings is 1. The van der Waals surface area contributed by atoms with Crippen molar-refractivity contribution in [1.29, 1.82) is 0 Å². The van der Waals surface area contributed by atoms with Crippen molar-refractivity contribution in [2.75, 3.05) is 11.9 Å². The van der Waals surface area contributed by atoms with Crippen LogP contribution in [0.15, 0.2) is 47.1 Å². The van der Waals surface area contributed by atoms with Gasteiger partial charge >= 0.3 is 0 Å². The van der Waals surface area contributed by atoms with Gasteiger partial charge in [-0.2, -0.15) is 0 Å². The molecule has 0 bridgehead atoms. The predicted octanol–water partition coefficient (Wildman–Crippen LogP) is 3.50. The molecule has 2 rings (SSSR count). The lowest BCUT2D eigenvalue weighted by atomic mass is 10.1. The smallest absolute Gasteiger partial charge is 0.128 e. The van der Waals surface area contributed by atoms with Crippen LogP contribution in [0.3, 0.4) is 0 Å². The highest BCUT2D eigenvalue weighted by Crippen LogP contribution is 2.20. The molecule has 3 nitrogen and oxygen atoms in total. The summed E-state index contributed by atoms with van der Waals surface area (Å²) in [6.07, 6.45) is 1.84. The van der Waals surface area contributed by atoms with Gasteiger partial charge in [0.15, 0.2) is 0 Å². The third-order valence-corrected chi connectivity index (χ3v) is 3.83. The molecule has 0 amide bonds. The van der Waals surface area contributed by atoms with Crippen LogP contribution in [0.25, 0.3) is 0 Å². The zero-order chi connectivity index (χ0) is 13.8. The number of benzene rings is 1. The van der Waals surface area contributed by atoms with E-state index >= 15 is 0 Å². The Balaban J connectivity index is 2.12. The molecule has 0 unspecified atom stereocenters. The zero-order valence-corrected chi connectivity index (χ0v) is 12.8. The highest BCUT2D eigenvalue weighted by molar-refractivity contribution is 9.10. The molecule has 0 saturated heterocycles. The fourth-order valence-electron chi connectivity index (χ4n) is 1.86. The molecule has 0 saturated carbocycles. The zero-order valence-electron chi connectivity index (χ0n) is 11.2. The normalized spacial score (nSPS) is 12.2. The molecule has 2 N–H and O–H groups in total. The Hall–Kier alpha value is -1.39. The summed E-state index contributed by atoms with van der Waals surface area (Å²) < 4.78 is 1.12. The van der Waals surface area contributed by atoms with Crippen molar-refractivity contribution in [2.24, 2.45) is 5.73 Å². The lowest BCUT2D eigenvalue weighted by molar-refractivity contribution is 0.807. The van der Waals surface area contributed by atoms with Crippen LogP contribution in [-0.2, 0) is 6.54 Å². The number of anilines is 1. The Morgan fingerprint density at radius 2 is 2.00 bits per heavy atom. The van der Waals surface area contributed by atoms with Gasteiger partial charge in [-0.1, -0.05) is 40.2 Å². The van der Waals surface area contributed by atoms with Gasteiger partial charge < -0.3 is 10.6 Å². The molecule has 19 heavy (non-hydrogen) atoms. The van der Waals surface area contributed by atoms with Gasteiger partial charge in [-0.15, -0.1) is 0 Å². The Kier molecular flexibility index (Phi) is 4.56. The SMILES string of the molecule is C[C@@H](N)c1ccc(N(C)Cc2ccccc2Br)nc1. The molecule has 1 heterocycles. The summed E-state index contributed by atoms with van der Waals surface area (Å²) in [6.45, 7) is 2.77. The molecule has 1 aromatic heterocycles. The molecule has 1 atom stereocenters. The minimum Gasteiger partial charge on any atom is -0.355 e. The molecule has 0 radical (unpaired) electrons. The number of hydrogen-bond acceptors (Lipinski definition) is 3. The van der Waals surface area contributed by atoms with Crippen molar-refractivity contribution < 1.29 is 0 Å². The van der Waals surface area contributed by atoms with Gasteiger partial charge in [-0.3, -0.25) is 0 Å². The molecular formula is C15H18BrN3. The summed E-state index contributed by atoms with van der Waals surface area (Å²) in [5.74, 6) is 0.945. The minimum atomic E-state index is 0.0233. The molecule has 0 aliphatic heterocycles. The molecule has 2 aromatic rings. The average molecular weight is 320 g/mol. The van der Waals surface area contributed by atoms with Crippen LogP contribution < -0.4 is 10.6 Å². The van der Waals surface area contributed by atoms with Crippen LogP contribution in [0.4, 0.5) is 5.82 Å². The molecular weight excluding hydrogens is 302 g/mol. The van der Waals surface area contributed by atoms with Crippen molar-refractivity contribution in [3.05, 3.63) is 58.2 Å². The van der Waals surface area contributed by atoms with Crippen molar-refractivity contribution in [3.63, 3.8) is 0 Å².